The second kappa shape index (κ2) is 13.3. The molecule has 0 aliphatic carbocycles. The van der Waals surface area contributed by atoms with Gasteiger partial charge in [-0.15, -0.1) is 0 Å². The maximum absolute atomic E-state index is 15.0. The van der Waals surface area contributed by atoms with E-state index in [9.17, 15) is 0 Å². The Labute approximate surface area is 286 Å². The zero-order chi connectivity index (χ0) is 33.0. The molecule has 0 amide bonds. The van der Waals surface area contributed by atoms with Gasteiger partial charge in [0.25, 0.3) is 0 Å². The molecule has 8 rings (SSSR count). The van der Waals surface area contributed by atoms with Crippen molar-refractivity contribution in [2.75, 3.05) is 4.90 Å². The SMILES string of the molecule is Fc1ccccc1N(c1ccccc1)c1ccc(C=Cc2ccc3c(-c4ccccc4)c(-c4ccccc4)n(-c4ccccc4)c3c2)cc1. The van der Waals surface area contributed by atoms with Crippen LogP contribution in [0.4, 0.5) is 21.5 Å². The van der Waals surface area contributed by atoms with Gasteiger partial charge in [-0.1, -0.05) is 146 Å². The quantitative estimate of drug-likeness (QED) is 0.151. The van der Waals surface area contributed by atoms with Crippen LogP contribution < -0.4 is 4.90 Å². The summed E-state index contributed by atoms with van der Waals surface area (Å²) in [4.78, 5) is 1.95. The number of nitrogens with zero attached hydrogens (tertiary/aromatic N) is 2. The van der Waals surface area contributed by atoms with Crippen molar-refractivity contribution in [1.82, 2.24) is 4.57 Å². The molecule has 3 heteroatoms. The molecular weight excluding hydrogens is 600 g/mol. The van der Waals surface area contributed by atoms with Crippen LogP contribution in [-0.2, 0) is 0 Å². The number of benzene rings is 7. The summed E-state index contributed by atoms with van der Waals surface area (Å²) in [7, 11) is 0. The van der Waals surface area contributed by atoms with E-state index in [0.717, 1.165) is 33.7 Å². The lowest BCUT2D eigenvalue weighted by molar-refractivity contribution is 0.629. The lowest BCUT2D eigenvalue weighted by Gasteiger charge is -2.25. The number of para-hydroxylation sites is 3. The van der Waals surface area contributed by atoms with Gasteiger partial charge in [0, 0.05) is 28.0 Å². The van der Waals surface area contributed by atoms with Gasteiger partial charge in [0.2, 0.25) is 0 Å². The van der Waals surface area contributed by atoms with E-state index in [1.807, 2.05) is 59.5 Å². The molecule has 0 saturated heterocycles. The number of hydrogen-bond acceptors (Lipinski definition) is 1. The Balaban J connectivity index is 1.21. The maximum Gasteiger partial charge on any atom is 0.147 e. The van der Waals surface area contributed by atoms with Crippen LogP contribution in [0.25, 0.3) is 51.1 Å². The first-order valence-electron chi connectivity index (χ1n) is 16.5. The second-order valence-electron chi connectivity index (χ2n) is 12.0. The van der Waals surface area contributed by atoms with Gasteiger partial charge in [0.15, 0.2) is 0 Å². The van der Waals surface area contributed by atoms with Crippen molar-refractivity contribution in [2.45, 2.75) is 0 Å². The molecule has 0 radical (unpaired) electrons. The molecular formula is C46H33FN2. The largest absolute Gasteiger partial charge is 0.309 e. The summed E-state index contributed by atoms with van der Waals surface area (Å²) >= 11 is 0. The van der Waals surface area contributed by atoms with Crippen LogP contribution in [0.1, 0.15) is 11.1 Å². The molecule has 234 valence electrons. The molecule has 0 N–H and O–H groups in total. The minimum absolute atomic E-state index is 0.267. The highest BCUT2D eigenvalue weighted by Gasteiger charge is 2.21. The fourth-order valence-electron chi connectivity index (χ4n) is 6.58. The Hall–Kier alpha value is -6.45. The monoisotopic (exact) mass is 632 g/mol. The summed E-state index contributed by atoms with van der Waals surface area (Å²) in [5.74, 6) is -0.267. The lowest BCUT2D eigenvalue weighted by Crippen LogP contribution is -2.11. The number of aromatic nitrogens is 1. The van der Waals surface area contributed by atoms with E-state index in [4.69, 9.17) is 0 Å². The fourth-order valence-corrected chi connectivity index (χ4v) is 6.58. The van der Waals surface area contributed by atoms with Gasteiger partial charge in [0.05, 0.1) is 16.9 Å². The molecule has 0 fully saturated rings. The summed E-state index contributed by atoms with van der Waals surface area (Å²) < 4.78 is 17.4. The van der Waals surface area contributed by atoms with E-state index in [-0.39, 0.29) is 5.82 Å². The predicted octanol–water partition coefficient (Wildman–Crippen LogP) is 12.7. The Morgan fingerprint density at radius 2 is 1.00 bits per heavy atom. The van der Waals surface area contributed by atoms with Crippen molar-refractivity contribution >= 4 is 40.1 Å². The minimum atomic E-state index is -0.267. The number of fused-ring (bicyclic) bond motifs is 1. The second-order valence-corrected chi connectivity index (χ2v) is 12.0. The van der Waals surface area contributed by atoms with Gasteiger partial charge in [-0.3, -0.25) is 0 Å². The van der Waals surface area contributed by atoms with Gasteiger partial charge in [-0.2, -0.15) is 0 Å². The summed E-state index contributed by atoms with van der Waals surface area (Å²) in [5, 5.41) is 1.20. The first kappa shape index (κ1) is 29.9. The highest BCUT2D eigenvalue weighted by Crippen LogP contribution is 2.43. The fraction of sp³-hybridized carbons (Fsp3) is 0. The van der Waals surface area contributed by atoms with Crippen molar-refractivity contribution in [3.05, 3.63) is 205 Å². The van der Waals surface area contributed by atoms with Crippen LogP contribution in [0.2, 0.25) is 0 Å². The summed E-state index contributed by atoms with van der Waals surface area (Å²) in [6.07, 6.45) is 4.29. The van der Waals surface area contributed by atoms with Crippen LogP contribution in [-0.4, -0.2) is 4.57 Å². The summed E-state index contributed by atoms with van der Waals surface area (Å²) in [6.45, 7) is 0. The standard InChI is InChI=1S/C46H33FN2/c47-42-23-13-14-24-43(42)48(38-19-9-3-10-20-38)40-30-27-34(28-31-40)25-26-35-29-32-41-44(33-35)49(39-21-11-4-12-22-39)46(37-17-7-2-8-18-37)45(41)36-15-5-1-6-16-36/h1-33H. The van der Waals surface area contributed by atoms with Crippen molar-refractivity contribution < 1.29 is 4.39 Å². The average Bonchev–Trinajstić information content (AvgIpc) is 3.51. The smallest absolute Gasteiger partial charge is 0.147 e. The number of anilines is 3. The van der Waals surface area contributed by atoms with Gasteiger partial charge in [-0.25, -0.2) is 4.39 Å². The van der Waals surface area contributed by atoms with Crippen LogP contribution in [0.15, 0.2) is 188 Å². The molecule has 2 nitrogen and oxygen atoms in total. The Kier molecular flexibility index (Phi) is 8.15. The molecule has 0 bridgehead atoms. The number of rotatable bonds is 8. The summed E-state index contributed by atoms with van der Waals surface area (Å²) in [5.41, 5.74) is 11.4. The van der Waals surface area contributed by atoms with Crippen molar-refractivity contribution in [1.29, 1.82) is 0 Å². The van der Waals surface area contributed by atoms with Crippen LogP contribution >= 0.6 is 0 Å². The Bertz CT molecular complexity index is 2360. The molecule has 7 aromatic carbocycles. The first-order chi connectivity index (χ1) is 24.2. The van der Waals surface area contributed by atoms with Crippen LogP contribution in [0, 0.1) is 5.82 Å². The Morgan fingerprint density at radius 3 is 1.67 bits per heavy atom. The average molecular weight is 633 g/mol. The minimum Gasteiger partial charge on any atom is -0.309 e. The van der Waals surface area contributed by atoms with E-state index < -0.39 is 0 Å². The maximum atomic E-state index is 15.0. The summed E-state index contributed by atoms with van der Waals surface area (Å²) in [6, 6.07) is 63.7. The highest BCUT2D eigenvalue weighted by molar-refractivity contribution is 6.06. The Morgan fingerprint density at radius 1 is 0.469 bits per heavy atom. The van der Waals surface area contributed by atoms with E-state index >= 15 is 4.39 Å². The first-order valence-corrected chi connectivity index (χ1v) is 16.5. The molecule has 0 unspecified atom stereocenters. The third-order valence-corrected chi connectivity index (χ3v) is 8.84. The van der Waals surface area contributed by atoms with E-state index in [1.165, 1.54) is 33.8 Å². The molecule has 0 saturated carbocycles. The van der Waals surface area contributed by atoms with Crippen molar-refractivity contribution in [3.8, 4) is 28.1 Å². The van der Waals surface area contributed by atoms with Gasteiger partial charge < -0.3 is 9.47 Å². The van der Waals surface area contributed by atoms with Gasteiger partial charge in [0.1, 0.15) is 5.82 Å². The van der Waals surface area contributed by atoms with Crippen LogP contribution in [0.5, 0.6) is 0 Å². The molecule has 0 aliphatic rings. The molecule has 1 aromatic heterocycles. The topological polar surface area (TPSA) is 8.17 Å². The van der Waals surface area contributed by atoms with Crippen molar-refractivity contribution in [2.24, 2.45) is 0 Å². The third kappa shape index (κ3) is 5.95. The third-order valence-electron chi connectivity index (χ3n) is 8.84. The number of hydrogen-bond donors (Lipinski definition) is 0. The van der Waals surface area contributed by atoms with E-state index in [0.29, 0.717) is 5.69 Å². The van der Waals surface area contributed by atoms with Gasteiger partial charge in [-0.05, 0) is 76.9 Å². The predicted molar refractivity (Wildman–Crippen MR) is 204 cm³/mol. The molecule has 49 heavy (non-hydrogen) atoms. The molecule has 0 aliphatic heterocycles. The molecule has 8 aromatic rings. The zero-order valence-corrected chi connectivity index (χ0v) is 26.8. The van der Waals surface area contributed by atoms with Gasteiger partial charge >= 0.3 is 0 Å². The normalized spacial score (nSPS) is 11.3. The molecule has 0 spiro atoms. The molecule has 1 heterocycles. The van der Waals surface area contributed by atoms with E-state index in [1.54, 1.807) is 6.07 Å². The lowest BCUT2D eigenvalue weighted by atomic mass is 9.98. The van der Waals surface area contributed by atoms with E-state index in [2.05, 4.69) is 138 Å². The zero-order valence-electron chi connectivity index (χ0n) is 26.8. The van der Waals surface area contributed by atoms with Crippen LogP contribution in [0.3, 0.4) is 0 Å². The van der Waals surface area contributed by atoms with Crippen molar-refractivity contribution in [3.63, 3.8) is 0 Å². The number of halogens is 1. The highest BCUT2D eigenvalue weighted by atomic mass is 19.1. The molecule has 0 atom stereocenters.